The van der Waals surface area contributed by atoms with Crippen LogP contribution in [-0.2, 0) is 4.57 Å². The number of benzene rings is 1. The van der Waals surface area contributed by atoms with E-state index in [0.29, 0.717) is 0 Å². The molecule has 8 nitrogen and oxygen atoms in total. The lowest BCUT2D eigenvalue weighted by atomic mass is 10.3. The van der Waals surface area contributed by atoms with Crippen LogP contribution in [-0.4, -0.2) is 21.8 Å². The number of ether oxygens (including phenoxy) is 1. The fourth-order valence-corrected chi connectivity index (χ4v) is 1.38. The van der Waals surface area contributed by atoms with Crippen LogP contribution in [0.1, 0.15) is 0 Å². The summed E-state index contributed by atoms with van der Waals surface area (Å²) in [5.41, 5.74) is -0.269. The van der Waals surface area contributed by atoms with Gasteiger partial charge in [0.05, 0.1) is 18.1 Å². The first kappa shape index (κ1) is 12.4. The van der Waals surface area contributed by atoms with Crippen molar-refractivity contribution in [2.75, 3.05) is 7.11 Å². The van der Waals surface area contributed by atoms with Crippen molar-refractivity contribution in [1.29, 1.82) is 0 Å². The SMILES string of the molecule is COc1cc([N+](=O)[O-])ccc1OP(=O)(O)O. The van der Waals surface area contributed by atoms with E-state index in [1.165, 1.54) is 7.11 Å². The second kappa shape index (κ2) is 4.48. The molecule has 16 heavy (non-hydrogen) atoms. The smallest absolute Gasteiger partial charge is 0.493 e. The standard InChI is InChI=1S/C7H8NO7P/c1-14-7-4-5(8(9)10)2-3-6(7)15-16(11,12)13/h2-4H,1H3,(H2,11,12,13). The van der Waals surface area contributed by atoms with Gasteiger partial charge in [-0.15, -0.1) is 0 Å². The first-order chi connectivity index (χ1) is 7.33. The largest absolute Gasteiger partial charge is 0.524 e. The van der Waals surface area contributed by atoms with E-state index in [9.17, 15) is 14.7 Å². The Balaban J connectivity index is 3.12. The second-order valence-electron chi connectivity index (χ2n) is 2.67. The highest BCUT2D eigenvalue weighted by molar-refractivity contribution is 7.46. The molecular formula is C7H8NO7P. The highest BCUT2D eigenvalue weighted by Crippen LogP contribution is 2.42. The first-order valence-electron chi connectivity index (χ1n) is 3.91. The van der Waals surface area contributed by atoms with Gasteiger partial charge >= 0.3 is 7.82 Å². The Kier molecular flexibility index (Phi) is 3.48. The van der Waals surface area contributed by atoms with Crippen molar-refractivity contribution < 1.29 is 28.5 Å². The lowest BCUT2D eigenvalue weighted by Gasteiger charge is -2.10. The summed E-state index contributed by atoms with van der Waals surface area (Å²) >= 11 is 0. The molecule has 1 aromatic carbocycles. The van der Waals surface area contributed by atoms with E-state index in [-0.39, 0.29) is 17.2 Å². The van der Waals surface area contributed by atoms with Gasteiger partial charge in [-0.05, 0) is 6.07 Å². The lowest BCUT2D eigenvalue weighted by Crippen LogP contribution is -1.95. The highest BCUT2D eigenvalue weighted by atomic mass is 31.2. The van der Waals surface area contributed by atoms with E-state index in [0.717, 1.165) is 18.2 Å². The van der Waals surface area contributed by atoms with Crippen molar-refractivity contribution in [3.05, 3.63) is 28.3 Å². The number of non-ortho nitro benzene ring substituents is 1. The average molecular weight is 249 g/mol. The van der Waals surface area contributed by atoms with E-state index in [1.54, 1.807) is 0 Å². The molecule has 0 saturated carbocycles. The van der Waals surface area contributed by atoms with Gasteiger partial charge in [-0.2, -0.15) is 0 Å². The number of phosphoric ester groups is 1. The monoisotopic (exact) mass is 249 g/mol. The minimum Gasteiger partial charge on any atom is -0.493 e. The summed E-state index contributed by atoms with van der Waals surface area (Å²) in [6, 6.07) is 3.11. The molecule has 0 saturated heterocycles. The quantitative estimate of drug-likeness (QED) is 0.465. The van der Waals surface area contributed by atoms with E-state index < -0.39 is 12.7 Å². The van der Waals surface area contributed by atoms with Gasteiger partial charge in [-0.3, -0.25) is 19.9 Å². The summed E-state index contributed by atoms with van der Waals surface area (Å²) in [4.78, 5) is 26.9. The Hall–Kier alpha value is -1.63. The molecule has 0 aliphatic rings. The number of nitrogens with zero attached hydrogens (tertiary/aromatic N) is 1. The normalized spacial score (nSPS) is 10.9. The lowest BCUT2D eigenvalue weighted by molar-refractivity contribution is -0.384. The predicted molar refractivity (Wildman–Crippen MR) is 52.3 cm³/mol. The minimum absolute atomic E-state index is 0.127. The summed E-state index contributed by atoms with van der Waals surface area (Å²) in [5, 5.41) is 10.4. The molecule has 1 rings (SSSR count). The van der Waals surface area contributed by atoms with E-state index in [4.69, 9.17) is 14.5 Å². The number of hydrogen-bond acceptors (Lipinski definition) is 5. The van der Waals surface area contributed by atoms with Crippen LogP contribution < -0.4 is 9.26 Å². The summed E-state index contributed by atoms with van der Waals surface area (Å²) in [7, 11) is -3.52. The molecule has 0 aliphatic carbocycles. The van der Waals surface area contributed by atoms with Crippen LogP contribution in [0.3, 0.4) is 0 Å². The zero-order valence-electron chi connectivity index (χ0n) is 8.06. The van der Waals surface area contributed by atoms with Crippen molar-refractivity contribution in [3.63, 3.8) is 0 Å². The molecule has 9 heteroatoms. The summed E-state index contributed by atoms with van der Waals surface area (Å²) < 4.78 is 19.6. The number of phosphoric acid groups is 1. The second-order valence-corrected chi connectivity index (χ2v) is 3.84. The Morgan fingerprint density at radius 1 is 1.38 bits per heavy atom. The van der Waals surface area contributed by atoms with Gasteiger partial charge in [0.1, 0.15) is 0 Å². The molecule has 88 valence electrons. The molecule has 0 unspecified atom stereocenters. The van der Waals surface area contributed by atoms with Crippen LogP contribution in [0.4, 0.5) is 5.69 Å². The van der Waals surface area contributed by atoms with Crippen molar-refractivity contribution in [3.8, 4) is 11.5 Å². The summed E-state index contributed by atoms with van der Waals surface area (Å²) in [5.74, 6) is -0.390. The molecule has 0 aliphatic heterocycles. The maximum Gasteiger partial charge on any atom is 0.524 e. The van der Waals surface area contributed by atoms with Gasteiger partial charge < -0.3 is 9.26 Å². The first-order valence-corrected chi connectivity index (χ1v) is 5.44. The number of nitro groups is 1. The number of nitro benzene ring substituents is 1. The Bertz CT molecular complexity index is 454. The molecule has 0 aromatic heterocycles. The van der Waals surface area contributed by atoms with Gasteiger partial charge in [0, 0.05) is 6.07 Å². The molecule has 0 heterocycles. The van der Waals surface area contributed by atoms with E-state index in [1.807, 2.05) is 0 Å². The number of rotatable bonds is 4. The van der Waals surface area contributed by atoms with E-state index in [2.05, 4.69) is 4.52 Å². The highest BCUT2D eigenvalue weighted by Gasteiger charge is 2.20. The summed E-state index contributed by atoms with van der Waals surface area (Å²) in [6.45, 7) is 0. The fraction of sp³-hybridized carbons (Fsp3) is 0.143. The van der Waals surface area contributed by atoms with Crippen LogP contribution in [0.15, 0.2) is 18.2 Å². The molecule has 0 amide bonds. The number of methoxy groups -OCH3 is 1. The minimum atomic E-state index is -4.72. The van der Waals surface area contributed by atoms with Crippen molar-refractivity contribution in [1.82, 2.24) is 0 Å². The molecule has 0 bridgehead atoms. The van der Waals surface area contributed by atoms with Gasteiger partial charge in [0.15, 0.2) is 11.5 Å². The van der Waals surface area contributed by atoms with Gasteiger partial charge in [0.2, 0.25) is 0 Å². The Labute approximate surface area is 89.8 Å². The van der Waals surface area contributed by atoms with Gasteiger partial charge in [-0.25, -0.2) is 4.57 Å². The molecule has 0 atom stereocenters. The van der Waals surface area contributed by atoms with Crippen molar-refractivity contribution in [2.24, 2.45) is 0 Å². The zero-order chi connectivity index (χ0) is 12.3. The maximum atomic E-state index is 10.6. The third-order valence-electron chi connectivity index (χ3n) is 1.58. The average Bonchev–Trinajstić information content (AvgIpc) is 2.15. The van der Waals surface area contributed by atoms with E-state index >= 15 is 0 Å². The van der Waals surface area contributed by atoms with Crippen LogP contribution in [0.2, 0.25) is 0 Å². The predicted octanol–water partition coefficient (Wildman–Crippen LogP) is 1.07. The zero-order valence-corrected chi connectivity index (χ0v) is 8.96. The molecule has 0 radical (unpaired) electrons. The molecule has 0 fully saturated rings. The fourth-order valence-electron chi connectivity index (χ4n) is 0.973. The Morgan fingerprint density at radius 3 is 2.44 bits per heavy atom. The van der Waals surface area contributed by atoms with Crippen LogP contribution in [0.5, 0.6) is 11.5 Å². The molecule has 0 spiro atoms. The summed E-state index contributed by atoms with van der Waals surface area (Å²) in [6.07, 6.45) is 0. The molecular weight excluding hydrogens is 241 g/mol. The van der Waals surface area contributed by atoms with Crippen molar-refractivity contribution in [2.45, 2.75) is 0 Å². The van der Waals surface area contributed by atoms with Gasteiger partial charge in [0.25, 0.3) is 5.69 Å². The van der Waals surface area contributed by atoms with Crippen LogP contribution in [0, 0.1) is 10.1 Å². The number of hydrogen-bond donors (Lipinski definition) is 2. The third kappa shape index (κ3) is 3.20. The van der Waals surface area contributed by atoms with Crippen LogP contribution >= 0.6 is 7.82 Å². The topological polar surface area (TPSA) is 119 Å². The molecule has 1 aromatic rings. The van der Waals surface area contributed by atoms with Gasteiger partial charge in [-0.1, -0.05) is 0 Å². The molecule has 2 N–H and O–H groups in total. The van der Waals surface area contributed by atoms with Crippen molar-refractivity contribution >= 4 is 13.5 Å². The van der Waals surface area contributed by atoms with Crippen LogP contribution in [0.25, 0.3) is 0 Å². The maximum absolute atomic E-state index is 10.6. The third-order valence-corrected chi connectivity index (χ3v) is 2.01. The Morgan fingerprint density at radius 2 is 2.00 bits per heavy atom.